The predicted octanol–water partition coefficient (Wildman–Crippen LogP) is 4.33. The maximum Gasteiger partial charge on any atom is 0.416 e. The molecule has 6 nitrogen and oxygen atoms in total. The first-order chi connectivity index (χ1) is 15.1. The fourth-order valence-electron chi connectivity index (χ4n) is 3.22. The molecular weight excluding hydrogens is 425 g/mol. The number of hydrogen-bond donors (Lipinski definition) is 1. The van der Waals surface area contributed by atoms with Crippen LogP contribution in [0.15, 0.2) is 54.2 Å². The molecule has 0 aliphatic carbocycles. The molecule has 0 aromatic heterocycles. The average Bonchev–Trinajstić information content (AvgIpc) is 2.97. The first kappa shape index (κ1) is 23.3. The number of halogens is 3. The van der Waals surface area contributed by atoms with E-state index in [4.69, 9.17) is 9.47 Å². The second-order valence-corrected chi connectivity index (χ2v) is 7.36. The zero-order valence-corrected chi connectivity index (χ0v) is 17.8. The van der Waals surface area contributed by atoms with Crippen molar-refractivity contribution in [2.45, 2.75) is 26.1 Å². The molecule has 1 heterocycles. The van der Waals surface area contributed by atoms with Crippen LogP contribution in [0.2, 0.25) is 0 Å². The van der Waals surface area contributed by atoms with E-state index < -0.39 is 23.6 Å². The highest BCUT2D eigenvalue weighted by Crippen LogP contribution is 2.34. The van der Waals surface area contributed by atoms with E-state index in [2.05, 4.69) is 5.32 Å². The van der Waals surface area contributed by atoms with E-state index in [0.29, 0.717) is 11.3 Å². The van der Waals surface area contributed by atoms with Crippen LogP contribution in [0.1, 0.15) is 25.0 Å². The fourth-order valence-corrected chi connectivity index (χ4v) is 3.22. The minimum absolute atomic E-state index is 0.0171. The molecule has 0 fully saturated rings. The highest BCUT2D eigenvalue weighted by Gasteiger charge is 2.39. The molecule has 0 radical (unpaired) electrons. The molecule has 0 saturated heterocycles. The summed E-state index contributed by atoms with van der Waals surface area (Å²) in [6.45, 7) is 3.82. The number of methoxy groups -OCH3 is 1. The Kier molecular flexibility index (Phi) is 6.88. The lowest BCUT2D eigenvalue weighted by Gasteiger charge is -2.16. The second-order valence-electron chi connectivity index (χ2n) is 7.36. The van der Waals surface area contributed by atoms with E-state index in [1.807, 2.05) is 13.8 Å². The van der Waals surface area contributed by atoms with Crippen molar-refractivity contribution in [3.05, 3.63) is 65.4 Å². The Labute approximate surface area is 183 Å². The van der Waals surface area contributed by atoms with Gasteiger partial charge in [-0.2, -0.15) is 13.2 Å². The third-order valence-electron chi connectivity index (χ3n) is 4.77. The van der Waals surface area contributed by atoms with Gasteiger partial charge in [0.25, 0.3) is 11.8 Å². The van der Waals surface area contributed by atoms with Crippen LogP contribution in [0.3, 0.4) is 0 Å². The number of rotatable bonds is 8. The SMILES string of the molecule is COc1ccc(C2=C(Nc3cccc(C(F)(F)F)c3)C(=O)N(CCOC(C)C)C2=O)cc1. The van der Waals surface area contributed by atoms with Crippen LogP contribution in [-0.2, 0) is 20.5 Å². The quantitative estimate of drug-likeness (QED) is 0.609. The number of imide groups is 1. The molecular formula is C23H23F3N2O4. The minimum Gasteiger partial charge on any atom is -0.497 e. The van der Waals surface area contributed by atoms with Crippen molar-refractivity contribution in [3.63, 3.8) is 0 Å². The van der Waals surface area contributed by atoms with E-state index in [-0.39, 0.29) is 36.2 Å². The summed E-state index contributed by atoms with van der Waals surface area (Å²) >= 11 is 0. The van der Waals surface area contributed by atoms with Gasteiger partial charge in [0, 0.05) is 5.69 Å². The summed E-state index contributed by atoms with van der Waals surface area (Å²) in [5, 5.41) is 2.74. The number of ether oxygens (including phenoxy) is 2. The topological polar surface area (TPSA) is 67.9 Å². The standard InChI is InChI=1S/C23H23F3N2O4/c1-14(2)32-12-11-28-21(29)19(15-7-9-18(31-3)10-8-15)20(22(28)30)27-17-6-4-5-16(13-17)23(24,25)26/h4-10,13-14,27H,11-12H2,1-3H3. The van der Waals surface area contributed by atoms with Gasteiger partial charge in [0.1, 0.15) is 11.4 Å². The van der Waals surface area contributed by atoms with Crippen LogP contribution in [0.25, 0.3) is 5.57 Å². The smallest absolute Gasteiger partial charge is 0.416 e. The summed E-state index contributed by atoms with van der Waals surface area (Å²) in [5.41, 5.74) is -0.412. The number of hydrogen-bond acceptors (Lipinski definition) is 5. The normalized spacial score (nSPS) is 14.5. The third kappa shape index (κ3) is 5.11. The van der Waals surface area contributed by atoms with Crippen LogP contribution in [0, 0.1) is 0 Å². The van der Waals surface area contributed by atoms with Gasteiger partial charge in [-0.15, -0.1) is 0 Å². The number of carbonyl (C=O) groups is 2. The molecule has 2 amide bonds. The molecule has 2 aromatic rings. The van der Waals surface area contributed by atoms with Gasteiger partial charge >= 0.3 is 6.18 Å². The Hall–Kier alpha value is -3.33. The summed E-state index contributed by atoms with van der Waals surface area (Å²) in [7, 11) is 1.50. The van der Waals surface area contributed by atoms with E-state index >= 15 is 0 Å². The van der Waals surface area contributed by atoms with Gasteiger partial charge < -0.3 is 14.8 Å². The first-order valence-electron chi connectivity index (χ1n) is 9.92. The van der Waals surface area contributed by atoms with E-state index in [0.717, 1.165) is 17.0 Å². The maximum atomic E-state index is 13.1. The Morgan fingerprint density at radius 2 is 1.72 bits per heavy atom. The van der Waals surface area contributed by atoms with Crippen LogP contribution in [0.4, 0.5) is 18.9 Å². The molecule has 0 spiro atoms. The zero-order valence-electron chi connectivity index (χ0n) is 17.8. The average molecular weight is 448 g/mol. The monoisotopic (exact) mass is 448 g/mol. The number of carbonyl (C=O) groups excluding carboxylic acids is 2. The molecule has 9 heteroatoms. The zero-order chi connectivity index (χ0) is 23.5. The number of alkyl halides is 3. The third-order valence-corrected chi connectivity index (χ3v) is 4.77. The summed E-state index contributed by atoms with van der Waals surface area (Å²) in [6, 6.07) is 10.9. The van der Waals surface area contributed by atoms with Crippen molar-refractivity contribution in [1.82, 2.24) is 4.90 Å². The van der Waals surface area contributed by atoms with Gasteiger partial charge in [-0.3, -0.25) is 14.5 Å². The highest BCUT2D eigenvalue weighted by molar-refractivity contribution is 6.36. The van der Waals surface area contributed by atoms with Crippen LogP contribution >= 0.6 is 0 Å². The molecule has 1 aliphatic rings. The Morgan fingerprint density at radius 3 is 2.31 bits per heavy atom. The van der Waals surface area contributed by atoms with Gasteiger partial charge in [-0.25, -0.2) is 0 Å². The first-order valence-corrected chi connectivity index (χ1v) is 9.92. The second kappa shape index (κ2) is 9.44. The highest BCUT2D eigenvalue weighted by atomic mass is 19.4. The number of nitrogens with zero attached hydrogens (tertiary/aromatic N) is 1. The van der Waals surface area contributed by atoms with Crippen molar-refractivity contribution < 1.29 is 32.2 Å². The molecule has 32 heavy (non-hydrogen) atoms. The van der Waals surface area contributed by atoms with Crippen molar-refractivity contribution >= 4 is 23.1 Å². The Morgan fingerprint density at radius 1 is 1.03 bits per heavy atom. The molecule has 1 N–H and O–H groups in total. The summed E-state index contributed by atoms with van der Waals surface area (Å²) in [4.78, 5) is 27.2. The number of benzene rings is 2. The molecule has 1 aliphatic heterocycles. The summed E-state index contributed by atoms with van der Waals surface area (Å²) in [5.74, 6) is -0.631. The van der Waals surface area contributed by atoms with Crippen molar-refractivity contribution in [2.75, 3.05) is 25.6 Å². The lowest BCUT2D eigenvalue weighted by molar-refractivity contribution is -0.138. The number of anilines is 1. The minimum atomic E-state index is -4.54. The number of amides is 2. The predicted molar refractivity (Wildman–Crippen MR) is 113 cm³/mol. The molecule has 2 aromatic carbocycles. The lowest BCUT2D eigenvalue weighted by Crippen LogP contribution is -2.35. The summed E-state index contributed by atoms with van der Waals surface area (Å²) in [6.07, 6.45) is -4.62. The van der Waals surface area contributed by atoms with Crippen LogP contribution in [0.5, 0.6) is 5.75 Å². The largest absolute Gasteiger partial charge is 0.497 e. The van der Waals surface area contributed by atoms with Gasteiger partial charge in [-0.05, 0) is 49.7 Å². The molecule has 0 atom stereocenters. The van der Waals surface area contributed by atoms with Gasteiger partial charge in [0.2, 0.25) is 0 Å². The van der Waals surface area contributed by atoms with Gasteiger partial charge in [-0.1, -0.05) is 18.2 Å². The van der Waals surface area contributed by atoms with E-state index in [9.17, 15) is 22.8 Å². The Balaban J connectivity index is 1.98. The van der Waals surface area contributed by atoms with Crippen molar-refractivity contribution in [2.24, 2.45) is 0 Å². The molecule has 0 saturated carbocycles. The van der Waals surface area contributed by atoms with E-state index in [1.165, 1.54) is 19.2 Å². The van der Waals surface area contributed by atoms with Crippen LogP contribution < -0.4 is 10.1 Å². The summed E-state index contributed by atoms with van der Waals surface area (Å²) < 4.78 is 49.9. The van der Waals surface area contributed by atoms with Crippen molar-refractivity contribution in [3.8, 4) is 5.75 Å². The molecule has 0 unspecified atom stereocenters. The van der Waals surface area contributed by atoms with Gasteiger partial charge in [0.05, 0.1) is 37.5 Å². The van der Waals surface area contributed by atoms with Crippen LogP contribution in [-0.4, -0.2) is 43.1 Å². The molecule has 3 rings (SSSR count). The fraction of sp³-hybridized carbons (Fsp3) is 0.304. The maximum absolute atomic E-state index is 13.1. The van der Waals surface area contributed by atoms with Gasteiger partial charge in [0.15, 0.2) is 0 Å². The molecule has 0 bridgehead atoms. The molecule has 170 valence electrons. The Bertz CT molecular complexity index is 1030. The lowest BCUT2D eigenvalue weighted by atomic mass is 10.0. The van der Waals surface area contributed by atoms with E-state index in [1.54, 1.807) is 24.3 Å². The number of nitrogens with one attached hydrogen (secondary N) is 1. The van der Waals surface area contributed by atoms with Crippen molar-refractivity contribution in [1.29, 1.82) is 0 Å².